The number of esters is 1. The highest BCUT2D eigenvalue weighted by atomic mass is 16.5. The van der Waals surface area contributed by atoms with Crippen molar-refractivity contribution in [2.75, 3.05) is 24.9 Å². The minimum absolute atomic E-state index is 0.414. The van der Waals surface area contributed by atoms with Crippen LogP contribution in [0.2, 0.25) is 0 Å². The summed E-state index contributed by atoms with van der Waals surface area (Å²) in [6.07, 6.45) is 0. The van der Waals surface area contributed by atoms with E-state index in [1.165, 1.54) is 7.11 Å². The standard InChI is InChI=1S/C21H22N4O3/c1-14-12-19(24-17-10-6-5-9-16(17)20(26)28-3)25-21(23-14)22-13-15-8-4-7-11-18(15)27-2/h4-12H,13H2,1-3H3,(H2,22,23,24,25). The first-order valence-electron chi connectivity index (χ1n) is 8.76. The summed E-state index contributed by atoms with van der Waals surface area (Å²) in [4.78, 5) is 20.9. The van der Waals surface area contributed by atoms with Crippen molar-refractivity contribution >= 4 is 23.4 Å². The lowest BCUT2D eigenvalue weighted by molar-refractivity contribution is 0.0602. The number of rotatable bonds is 7. The van der Waals surface area contributed by atoms with Gasteiger partial charge in [-0.15, -0.1) is 0 Å². The van der Waals surface area contributed by atoms with Crippen molar-refractivity contribution in [3.8, 4) is 5.75 Å². The van der Waals surface area contributed by atoms with Gasteiger partial charge in [0.1, 0.15) is 11.6 Å². The Morgan fingerprint density at radius 2 is 1.79 bits per heavy atom. The molecule has 0 aliphatic heterocycles. The van der Waals surface area contributed by atoms with E-state index in [1.54, 1.807) is 25.3 Å². The van der Waals surface area contributed by atoms with Gasteiger partial charge in [-0.2, -0.15) is 4.98 Å². The van der Waals surface area contributed by atoms with E-state index in [9.17, 15) is 4.79 Å². The molecule has 28 heavy (non-hydrogen) atoms. The van der Waals surface area contributed by atoms with Gasteiger partial charge < -0.3 is 20.1 Å². The number of anilines is 3. The Hall–Kier alpha value is -3.61. The third-order valence-corrected chi connectivity index (χ3v) is 4.08. The monoisotopic (exact) mass is 378 g/mol. The molecule has 3 aromatic rings. The summed E-state index contributed by atoms with van der Waals surface area (Å²) in [5.74, 6) is 1.44. The predicted molar refractivity (Wildman–Crippen MR) is 108 cm³/mol. The lowest BCUT2D eigenvalue weighted by atomic mass is 10.2. The SMILES string of the molecule is COC(=O)c1ccccc1Nc1cc(C)nc(NCc2ccccc2OC)n1. The maximum Gasteiger partial charge on any atom is 0.339 e. The van der Waals surface area contributed by atoms with Crippen LogP contribution in [0.15, 0.2) is 54.6 Å². The van der Waals surface area contributed by atoms with Gasteiger partial charge >= 0.3 is 5.97 Å². The number of hydrogen-bond donors (Lipinski definition) is 2. The van der Waals surface area contributed by atoms with Crippen LogP contribution >= 0.6 is 0 Å². The van der Waals surface area contributed by atoms with Gasteiger partial charge in [0.25, 0.3) is 0 Å². The third kappa shape index (κ3) is 4.56. The van der Waals surface area contributed by atoms with E-state index in [0.717, 1.165) is 17.0 Å². The molecule has 7 heteroatoms. The third-order valence-electron chi connectivity index (χ3n) is 4.08. The van der Waals surface area contributed by atoms with Crippen molar-refractivity contribution in [2.45, 2.75) is 13.5 Å². The maximum atomic E-state index is 12.0. The number of carbonyl (C=O) groups excluding carboxylic acids is 1. The zero-order valence-corrected chi connectivity index (χ0v) is 16.0. The van der Waals surface area contributed by atoms with Crippen LogP contribution in [0.25, 0.3) is 0 Å². The number of carbonyl (C=O) groups is 1. The fourth-order valence-corrected chi connectivity index (χ4v) is 2.75. The van der Waals surface area contributed by atoms with Crippen LogP contribution in [-0.4, -0.2) is 30.2 Å². The highest BCUT2D eigenvalue weighted by molar-refractivity contribution is 5.96. The van der Waals surface area contributed by atoms with Gasteiger partial charge in [-0.05, 0) is 25.1 Å². The van der Waals surface area contributed by atoms with Crippen molar-refractivity contribution in [1.82, 2.24) is 9.97 Å². The van der Waals surface area contributed by atoms with E-state index >= 15 is 0 Å². The molecular weight excluding hydrogens is 356 g/mol. The van der Waals surface area contributed by atoms with Crippen LogP contribution in [0.5, 0.6) is 5.75 Å². The summed E-state index contributed by atoms with van der Waals surface area (Å²) in [5, 5.41) is 6.39. The molecule has 1 aromatic heterocycles. The van der Waals surface area contributed by atoms with Crippen LogP contribution in [0.1, 0.15) is 21.6 Å². The molecule has 0 radical (unpaired) electrons. The fraction of sp³-hybridized carbons (Fsp3) is 0.190. The Labute approximate surface area is 163 Å². The molecule has 2 N–H and O–H groups in total. The Bertz CT molecular complexity index is 975. The minimum atomic E-state index is -0.414. The highest BCUT2D eigenvalue weighted by Crippen LogP contribution is 2.22. The summed E-state index contributed by atoms with van der Waals surface area (Å²) in [6, 6.07) is 16.7. The van der Waals surface area contributed by atoms with Crippen molar-refractivity contribution < 1.29 is 14.3 Å². The Morgan fingerprint density at radius 1 is 1.04 bits per heavy atom. The molecule has 144 valence electrons. The zero-order chi connectivity index (χ0) is 19.9. The summed E-state index contributed by atoms with van der Waals surface area (Å²) in [7, 11) is 3.00. The average Bonchev–Trinajstić information content (AvgIpc) is 2.72. The first kappa shape index (κ1) is 19.2. The van der Waals surface area contributed by atoms with Gasteiger partial charge in [0.05, 0.1) is 25.5 Å². The molecule has 0 bridgehead atoms. The van der Waals surface area contributed by atoms with Gasteiger partial charge in [0.2, 0.25) is 5.95 Å². The Kier molecular flexibility index (Phi) is 6.06. The quantitative estimate of drug-likeness (QED) is 0.602. The number of aryl methyl sites for hydroxylation is 1. The highest BCUT2D eigenvalue weighted by Gasteiger charge is 2.12. The van der Waals surface area contributed by atoms with Crippen LogP contribution in [-0.2, 0) is 11.3 Å². The van der Waals surface area contributed by atoms with Crippen LogP contribution in [0.4, 0.5) is 17.5 Å². The van der Waals surface area contributed by atoms with Crippen LogP contribution in [0, 0.1) is 6.92 Å². The van der Waals surface area contributed by atoms with E-state index in [1.807, 2.05) is 43.3 Å². The number of benzene rings is 2. The lowest BCUT2D eigenvalue weighted by Crippen LogP contribution is -2.09. The second-order valence-corrected chi connectivity index (χ2v) is 6.05. The molecule has 0 aliphatic carbocycles. The molecule has 0 fully saturated rings. The number of aromatic nitrogens is 2. The van der Waals surface area contributed by atoms with E-state index in [4.69, 9.17) is 9.47 Å². The molecule has 2 aromatic carbocycles. The first-order valence-corrected chi connectivity index (χ1v) is 8.76. The molecule has 7 nitrogen and oxygen atoms in total. The molecule has 0 spiro atoms. The summed E-state index contributed by atoms with van der Waals surface area (Å²) in [6.45, 7) is 2.40. The van der Waals surface area contributed by atoms with Gasteiger partial charge in [0.15, 0.2) is 0 Å². The Balaban J connectivity index is 1.80. The second-order valence-electron chi connectivity index (χ2n) is 6.05. The normalized spacial score (nSPS) is 10.2. The van der Waals surface area contributed by atoms with Gasteiger partial charge in [-0.25, -0.2) is 9.78 Å². The lowest BCUT2D eigenvalue weighted by Gasteiger charge is -2.13. The molecule has 0 unspecified atom stereocenters. The smallest absolute Gasteiger partial charge is 0.339 e. The fourth-order valence-electron chi connectivity index (χ4n) is 2.75. The van der Waals surface area contributed by atoms with Gasteiger partial charge in [-0.3, -0.25) is 0 Å². The topological polar surface area (TPSA) is 85.4 Å². The first-order chi connectivity index (χ1) is 13.6. The number of methoxy groups -OCH3 is 2. The Morgan fingerprint density at radius 3 is 2.57 bits per heavy atom. The van der Waals surface area contributed by atoms with E-state index in [0.29, 0.717) is 29.6 Å². The molecule has 0 aliphatic rings. The van der Waals surface area contributed by atoms with E-state index in [-0.39, 0.29) is 0 Å². The average molecular weight is 378 g/mol. The molecule has 3 rings (SSSR count). The molecular formula is C21H22N4O3. The minimum Gasteiger partial charge on any atom is -0.496 e. The van der Waals surface area contributed by atoms with E-state index < -0.39 is 5.97 Å². The molecule has 0 amide bonds. The van der Waals surface area contributed by atoms with Crippen LogP contribution in [0.3, 0.4) is 0 Å². The largest absolute Gasteiger partial charge is 0.496 e. The number of nitrogens with zero attached hydrogens (tertiary/aromatic N) is 2. The van der Waals surface area contributed by atoms with Crippen molar-refractivity contribution in [1.29, 1.82) is 0 Å². The van der Waals surface area contributed by atoms with Crippen molar-refractivity contribution in [3.05, 3.63) is 71.4 Å². The molecule has 0 atom stereocenters. The van der Waals surface area contributed by atoms with Crippen molar-refractivity contribution in [3.63, 3.8) is 0 Å². The molecule has 0 saturated carbocycles. The maximum absolute atomic E-state index is 12.0. The van der Waals surface area contributed by atoms with Gasteiger partial charge in [-0.1, -0.05) is 30.3 Å². The summed E-state index contributed by atoms with van der Waals surface area (Å²) in [5.41, 5.74) is 2.84. The molecule has 0 saturated heterocycles. The molecule has 1 heterocycles. The number of para-hydroxylation sites is 2. The second kappa shape index (κ2) is 8.85. The number of nitrogens with one attached hydrogen (secondary N) is 2. The van der Waals surface area contributed by atoms with E-state index in [2.05, 4.69) is 20.6 Å². The number of hydrogen-bond acceptors (Lipinski definition) is 7. The van der Waals surface area contributed by atoms with Gasteiger partial charge in [0, 0.05) is 23.9 Å². The summed E-state index contributed by atoms with van der Waals surface area (Å²) >= 11 is 0. The number of ether oxygens (including phenoxy) is 2. The predicted octanol–water partition coefficient (Wildman–Crippen LogP) is 3.94. The zero-order valence-electron chi connectivity index (χ0n) is 16.0. The van der Waals surface area contributed by atoms with Crippen LogP contribution < -0.4 is 15.4 Å². The summed E-state index contributed by atoms with van der Waals surface area (Å²) < 4.78 is 10.2. The van der Waals surface area contributed by atoms with Crippen molar-refractivity contribution in [2.24, 2.45) is 0 Å².